The minimum atomic E-state index is -0.133. The van der Waals surface area contributed by atoms with E-state index in [9.17, 15) is 9.59 Å². The quantitative estimate of drug-likeness (QED) is 0.699. The smallest absolute Gasteiger partial charge is 0.255 e. The van der Waals surface area contributed by atoms with Crippen LogP contribution in [0.15, 0.2) is 29.1 Å². The van der Waals surface area contributed by atoms with Crippen molar-refractivity contribution in [1.82, 2.24) is 14.9 Å². The van der Waals surface area contributed by atoms with E-state index >= 15 is 0 Å². The first kappa shape index (κ1) is 23.5. The Morgan fingerprint density at radius 3 is 2.42 bits per heavy atom. The van der Waals surface area contributed by atoms with Gasteiger partial charge in [0.15, 0.2) is 0 Å². The number of nitrogens with one attached hydrogen (secondary N) is 1. The van der Waals surface area contributed by atoms with Gasteiger partial charge in [0.2, 0.25) is 11.9 Å². The van der Waals surface area contributed by atoms with Crippen LogP contribution in [0, 0.1) is 19.8 Å². The Kier molecular flexibility index (Phi) is 7.81. The number of aryl methyl sites for hydroxylation is 3. The fourth-order valence-electron chi connectivity index (χ4n) is 4.80. The largest absolute Gasteiger partial charge is 0.378 e. The molecule has 1 aromatic heterocycles. The number of carbonyl (C=O) groups is 1. The van der Waals surface area contributed by atoms with Gasteiger partial charge in [0.1, 0.15) is 0 Å². The van der Waals surface area contributed by atoms with Crippen molar-refractivity contribution in [2.45, 2.75) is 52.4 Å². The average molecular weight is 453 g/mol. The summed E-state index contributed by atoms with van der Waals surface area (Å²) in [5, 5.41) is 0. The van der Waals surface area contributed by atoms with Gasteiger partial charge in [0, 0.05) is 43.9 Å². The van der Waals surface area contributed by atoms with E-state index in [2.05, 4.69) is 41.2 Å². The molecule has 7 nitrogen and oxygen atoms in total. The monoisotopic (exact) mass is 452 g/mol. The maximum absolute atomic E-state index is 12.8. The molecule has 0 radical (unpaired) electrons. The first-order valence-electron chi connectivity index (χ1n) is 12.3. The molecule has 0 saturated carbocycles. The molecular weight excluding hydrogens is 416 g/mol. The third kappa shape index (κ3) is 6.22. The van der Waals surface area contributed by atoms with Crippen LogP contribution in [0.4, 0.5) is 5.95 Å². The highest BCUT2D eigenvalue weighted by Gasteiger charge is 2.23. The van der Waals surface area contributed by atoms with E-state index in [1.165, 1.54) is 17.5 Å². The van der Waals surface area contributed by atoms with Gasteiger partial charge in [0.25, 0.3) is 5.56 Å². The Hall–Kier alpha value is -2.67. The lowest BCUT2D eigenvalue weighted by Crippen LogP contribution is -2.39. The molecule has 1 amide bonds. The topological polar surface area (TPSA) is 78.5 Å². The summed E-state index contributed by atoms with van der Waals surface area (Å²) < 4.78 is 5.37. The van der Waals surface area contributed by atoms with E-state index in [4.69, 9.17) is 4.74 Å². The van der Waals surface area contributed by atoms with Gasteiger partial charge in [-0.1, -0.05) is 29.8 Å². The second-order valence-electron chi connectivity index (χ2n) is 9.40. The van der Waals surface area contributed by atoms with E-state index in [-0.39, 0.29) is 11.5 Å². The van der Waals surface area contributed by atoms with Crippen molar-refractivity contribution >= 4 is 11.9 Å². The number of hydrogen-bond acceptors (Lipinski definition) is 5. The van der Waals surface area contributed by atoms with E-state index in [0.717, 1.165) is 45.4 Å². The first-order valence-corrected chi connectivity index (χ1v) is 12.3. The van der Waals surface area contributed by atoms with Crippen molar-refractivity contribution in [3.05, 3.63) is 57.0 Å². The van der Waals surface area contributed by atoms with Gasteiger partial charge in [-0.3, -0.25) is 14.6 Å². The van der Waals surface area contributed by atoms with Crippen LogP contribution in [0.2, 0.25) is 0 Å². The summed E-state index contributed by atoms with van der Waals surface area (Å²) in [6.07, 6.45) is 5.20. The van der Waals surface area contributed by atoms with Gasteiger partial charge in [0.05, 0.1) is 13.2 Å². The number of anilines is 1. The number of hydrogen-bond donors (Lipinski definition) is 1. The van der Waals surface area contributed by atoms with E-state index in [1.54, 1.807) is 0 Å². The highest BCUT2D eigenvalue weighted by Crippen LogP contribution is 2.23. The van der Waals surface area contributed by atoms with Gasteiger partial charge in [-0.25, -0.2) is 4.98 Å². The number of carbonyl (C=O) groups excluding carboxylic acids is 1. The van der Waals surface area contributed by atoms with Crippen LogP contribution in [0.3, 0.4) is 0 Å². The molecule has 0 bridgehead atoms. The summed E-state index contributed by atoms with van der Waals surface area (Å²) in [6.45, 7) is 8.34. The summed E-state index contributed by atoms with van der Waals surface area (Å²) in [5.74, 6) is 1.42. The maximum Gasteiger partial charge on any atom is 0.255 e. The molecule has 2 aromatic rings. The number of benzene rings is 1. The van der Waals surface area contributed by atoms with Crippen molar-refractivity contribution in [1.29, 1.82) is 0 Å². The molecule has 2 saturated heterocycles. The number of aromatic nitrogens is 2. The molecule has 4 rings (SSSR count). The number of morpholine rings is 1. The van der Waals surface area contributed by atoms with Crippen LogP contribution in [-0.2, 0) is 22.4 Å². The molecule has 178 valence electrons. The Morgan fingerprint density at radius 1 is 1.06 bits per heavy atom. The van der Waals surface area contributed by atoms with E-state index in [1.807, 2.05) is 16.7 Å². The zero-order valence-corrected chi connectivity index (χ0v) is 19.9. The molecule has 2 aliphatic rings. The fourth-order valence-corrected chi connectivity index (χ4v) is 4.80. The SMILES string of the molecule is Cc1ccc(CCC2CCN(C(=O)CCc3c(C)nc(N4CCOCC4)[nH]c3=O)CC2)cc1. The van der Waals surface area contributed by atoms with Gasteiger partial charge in [-0.05, 0) is 57.4 Å². The zero-order chi connectivity index (χ0) is 23.2. The van der Waals surface area contributed by atoms with Gasteiger partial charge in [-0.2, -0.15) is 0 Å². The third-order valence-corrected chi connectivity index (χ3v) is 7.04. The summed E-state index contributed by atoms with van der Waals surface area (Å²) in [6, 6.07) is 8.80. The number of rotatable bonds is 7. The van der Waals surface area contributed by atoms with Crippen molar-refractivity contribution in [3.63, 3.8) is 0 Å². The molecule has 33 heavy (non-hydrogen) atoms. The number of amides is 1. The summed E-state index contributed by atoms with van der Waals surface area (Å²) in [4.78, 5) is 37.0. The number of nitrogens with zero attached hydrogens (tertiary/aromatic N) is 3. The van der Waals surface area contributed by atoms with Crippen molar-refractivity contribution in [3.8, 4) is 0 Å². The van der Waals surface area contributed by atoms with E-state index < -0.39 is 0 Å². The first-order chi connectivity index (χ1) is 16.0. The molecule has 2 aliphatic heterocycles. The fraction of sp³-hybridized carbons (Fsp3) is 0.577. The molecule has 0 aliphatic carbocycles. The Balaban J connectivity index is 1.24. The molecule has 0 atom stereocenters. The zero-order valence-electron chi connectivity index (χ0n) is 19.9. The second-order valence-corrected chi connectivity index (χ2v) is 9.40. The molecule has 3 heterocycles. The normalized spacial score (nSPS) is 17.4. The second kappa shape index (κ2) is 11.0. The molecule has 2 fully saturated rings. The molecule has 1 N–H and O–H groups in total. The average Bonchev–Trinajstić information content (AvgIpc) is 2.84. The van der Waals surface area contributed by atoms with Crippen molar-refractivity contribution in [2.75, 3.05) is 44.3 Å². The lowest BCUT2D eigenvalue weighted by atomic mass is 9.90. The lowest BCUT2D eigenvalue weighted by Gasteiger charge is -2.32. The number of H-pyrrole nitrogens is 1. The minimum Gasteiger partial charge on any atom is -0.378 e. The van der Waals surface area contributed by atoms with Gasteiger partial charge in [-0.15, -0.1) is 0 Å². The molecule has 7 heteroatoms. The Labute approximate surface area is 196 Å². The maximum atomic E-state index is 12.8. The molecule has 0 unspecified atom stereocenters. The van der Waals surface area contributed by atoms with E-state index in [0.29, 0.717) is 49.2 Å². The number of piperidine rings is 1. The molecule has 0 spiro atoms. The highest BCUT2D eigenvalue weighted by atomic mass is 16.5. The number of likely N-dealkylation sites (tertiary alicyclic amines) is 1. The molecule has 1 aromatic carbocycles. The van der Waals surface area contributed by atoms with Crippen LogP contribution in [0.25, 0.3) is 0 Å². The standard InChI is InChI=1S/C26H36N4O3/c1-19-3-5-21(6-4-19)7-8-22-11-13-29(14-12-22)24(31)10-9-23-20(2)27-26(28-25(23)32)30-15-17-33-18-16-30/h3-6,22H,7-18H2,1-2H3,(H,27,28,32). The van der Waals surface area contributed by atoms with Crippen molar-refractivity contribution in [2.24, 2.45) is 5.92 Å². The van der Waals surface area contributed by atoms with Crippen LogP contribution in [0.1, 0.15) is 48.1 Å². The predicted octanol–water partition coefficient (Wildman–Crippen LogP) is 3.03. The van der Waals surface area contributed by atoms with Crippen LogP contribution < -0.4 is 10.5 Å². The Bertz CT molecular complexity index is 988. The highest BCUT2D eigenvalue weighted by molar-refractivity contribution is 5.76. The summed E-state index contributed by atoms with van der Waals surface area (Å²) in [7, 11) is 0. The van der Waals surface area contributed by atoms with Gasteiger partial charge >= 0.3 is 0 Å². The van der Waals surface area contributed by atoms with Crippen LogP contribution in [-0.4, -0.2) is 60.2 Å². The number of aromatic amines is 1. The minimum absolute atomic E-state index is 0.133. The molecular formula is C26H36N4O3. The van der Waals surface area contributed by atoms with Crippen LogP contribution in [0.5, 0.6) is 0 Å². The Morgan fingerprint density at radius 2 is 1.76 bits per heavy atom. The van der Waals surface area contributed by atoms with Crippen LogP contribution >= 0.6 is 0 Å². The predicted molar refractivity (Wildman–Crippen MR) is 130 cm³/mol. The summed E-state index contributed by atoms with van der Waals surface area (Å²) >= 11 is 0. The van der Waals surface area contributed by atoms with Gasteiger partial charge < -0.3 is 14.5 Å². The van der Waals surface area contributed by atoms with Crippen molar-refractivity contribution < 1.29 is 9.53 Å². The lowest BCUT2D eigenvalue weighted by molar-refractivity contribution is -0.132. The third-order valence-electron chi connectivity index (χ3n) is 7.04. The summed E-state index contributed by atoms with van der Waals surface area (Å²) in [5.41, 5.74) is 3.89. The number of ether oxygens (including phenoxy) is 1.